The Balaban J connectivity index is 2.00. The molecule has 0 radical (unpaired) electrons. The van der Waals surface area contributed by atoms with Gasteiger partial charge in [-0.3, -0.25) is 9.63 Å². The molecule has 1 aromatic heterocycles. The summed E-state index contributed by atoms with van der Waals surface area (Å²) in [7, 11) is 0. The summed E-state index contributed by atoms with van der Waals surface area (Å²) >= 11 is 2.01. The molecule has 0 aliphatic rings. The zero-order valence-corrected chi connectivity index (χ0v) is 14.9. The Morgan fingerprint density at radius 3 is 2.96 bits per heavy atom. The highest BCUT2D eigenvalue weighted by atomic mass is 127. The molecule has 0 aliphatic heterocycles. The van der Waals surface area contributed by atoms with Gasteiger partial charge in [0.1, 0.15) is 11.3 Å². The largest absolute Gasteiger partial charge is 0.441 e. The fourth-order valence-corrected chi connectivity index (χ4v) is 2.64. The average Bonchev–Trinajstić information content (AvgIpc) is 3.06. The maximum absolute atomic E-state index is 14.2. The number of halogens is 2. The summed E-state index contributed by atoms with van der Waals surface area (Å²) in [6.07, 6.45) is 1.24. The summed E-state index contributed by atoms with van der Waals surface area (Å²) in [5, 5.41) is 11.6. The van der Waals surface area contributed by atoms with Gasteiger partial charge in [0.25, 0.3) is 5.91 Å². The predicted octanol–water partition coefficient (Wildman–Crippen LogP) is 2.97. The molecule has 0 spiro atoms. The number of hydroxylamine groups is 1. The van der Waals surface area contributed by atoms with E-state index in [4.69, 9.17) is 14.4 Å². The highest BCUT2D eigenvalue weighted by molar-refractivity contribution is 14.1. The quantitative estimate of drug-likeness (QED) is 0.299. The lowest BCUT2D eigenvalue weighted by Gasteiger charge is -2.13. The van der Waals surface area contributed by atoms with Crippen LogP contribution in [-0.2, 0) is 4.84 Å². The first kappa shape index (κ1) is 17.6. The molecule has 7 nitrogen and oxygen atoms in total. The minimum atomic E-state index is -0.569. The third-order valence-corrected chi connectivity index (χ3v) is 3.96. The number of aromatic nitrogens is 1. The minimum absolute atomic E-state index is 0.0508. The van der Waals surface area contributed by atoms with E-state index in [0.717, 1.165) is 3.57 Å². The number of carbonyl (C=O) groups excluding carboxylic acids is 1. The predicted molar refractivity (Wildman–Crippen MR) is 96.9 cm³/mol. The van der Waals surface area contributed by atoms with Crippen LogP contribution in [0.15, 0.2) is 41.1 Å². The van der Waals surface area contributed by atoms with Crippen LogP contribution < -0.4 is 10.8 Å². The van der Waals surface area contributed by atoms with Crippen molar-refractivity contribution in [1.29, 1.82) is 0 Å². The lowest BCUT2D eigenvalue weighted by Crippen LogP contribution is -2.25. The Labute approximate surface area is 155 Å². The van der Waals surface area contributed by atoms with Crippen LogP contribution in [0.3, 0.4) is 0 Å². The Bertz CT molecular complexity index is 916. The van der Waals surface area contributed by atoms with Gasteiger partial charge < -0.3 is 14.8 Å². The van der Waals surface area contributed by atoms with Crippen molar-refractivity contribution in [2.24, 2.45) is 0 Å². The van der Waals surface area contributed by atoms with Crippen LogP contribution in [0.5, 0.6) is 0 Å². The zero-order chi connectivity index (χ0) is 17.8. The molecule has 1 heterocycles. The Morgan fingerprint density at radius 2 is 2.20 bits per heavy atom. The van der Waals surface area contributed by atoms with Gasteiger partial charge in [-0.2, -0.15) is 0 Å². The molecule has 3 N–H and O–H groups in total. The number of aliphatic hydroxyl groups excluding tert-OH is 1. The van der Waals surface area contributed by atoms with Gasteiger partial charge in [0.2, 0.25) is 0 Å². The van der Waals surface area contributed by atoms with Gasteiger partial charge in [-0.15, -0.1) is 0 Å². The molecule has 9 heteroatoms. The molecule has 0 bridgehead atoms. The molecule has 130 valence electrons. The van der Waals surface area contributed by atoms with Gasteiger partial charge in [0.15, 0.2) is 12.0 Å². The maximum Gasteiger partial charge on any atom is 0.277 e. The Morgan fingerprint density at radius 1 is 1.36 bits per heavy atom. The number of amides is 1. The number of nitrogens with zero attached hydrogens (tertiary/aromatic N) is 1. The smallest absolute Gasteiger partial charge is 0.277 e. The summed E-state index contributed by atoms with van der Waals surface area (Å²) in [4.78, 5) is 21.2. The van der Waals surface area contributed by atoms with Crippen molar-refractivity contribution in [3.63, 3.8) is 0 Å². The van der Waals surface area contributed by atoms with Crippen LogP contribution in [-0.4, -0.2) is 29.2 Å². The fourth-order valence-electron chi connectivity index (χ4n) is 2.18. The van der Waals surface area contributed by atoms with E-state index in [1.807, 2.05) is 22.6 Å². The molecule has 0 saturated heterocycles. The summed E-state index contributed by atoms with van der Waals surface area (Å²) in [6, 6.07) is 7.80. The Kier molecular flexibility index (Phi) is 5.46. The van der Waals surface area contributed by atoms with Crippen molar-refractivity contribution in [2.45, 2.75) is 0 Å². The van der Waals surface area contributed by atoms with E-state index in [1.54, 1.807) is 18.2 Å². The third kappa shape index (κ3) is 3.89. The lowest BCUT2D eigenvalue weighted by molar-refractivity contribution is 0.0169. The van der Waals surface area contributed by atoms with Crippen molar-refractivity contribution in [3.8, 4) is 0 Å². The molecule has 0 fully saturated rings. The molecular formula is C16H13FIN3O4. The molecular weight excluding hydrogens is 444 g/mol. The van der Waals surface area contributed by atoms with Crippen LogP contribution in [0, 0.1) is 9.39 Å². The van der Waals surface area contributed by atoms with Crippen molar-refractivity contribution in [3.05, 3.63) is 51.7 Å². The SMILES string of the molecule is O=C(NOCCO)c1ccc2ncoc2c1Nc1ccc(I)cc1F. The van der Waals surface area contributed by atoms with E-state index in [0.29, 0.717) is 11.1 Å². The molecule has 25 heavy (non-hydrogen) atoms. The highest BCUT2D eigenvalue weighted by Crippen LogP contribution is 2.31. The number of rotatable bonds is 6. The first-order valence-corrected chi connectivity index (χ1v) is 8.29. The van der Waals surface area contributed by atoms with Crippen molar-refractivity contribution < 1.29 is 23.5 Å². The number of fused-ring (bicyclic) bond motifs is 1. The van der Waals surface area contributed by atoms with E-state index >= 15 is 0 Å². The molecule has 1 amide bonds. The van der Waals surface area contributed by atoms with Crippen LogP contribution in [0.1, 0.15) is 10.4 Å². The number of carbonyl (C=O) groups is 1. The number of oxazole rings is 1. The Hall–Kier alpha value is -2.24. The molecule has 2 aromatic carbocycles. The normalized spacial score (nSPS) is 10.8. The van der Waals surface area contributed by atoms with E-state index in [1.165, 1.54) is 18.5 Å². The third-order valence-electron chi connectivity index (χ3n) is 3.29. The van der Waals surface area contributed by atoms with Crippen molar-refractivity contribution >= 4 is 51.0 Å². The van der Waals surface area contributed by atoms with Gasteiger partial charge in [-0.1, -0.05) is 0 Å². The van der Waals surface area contributed by atoms with Gasteiger partial charge in [0, 0.05) is 3.57 Å². The molecule has 0 atom stereocenters. The fraction of sp³-hybridized carbons (Fsp3) is 0.125. The molecule has 0 unspecified atom stereocenters. The van der Waals surface area contributed by atoms with Crippen LogP contribution in [0.2, 0.25) is 0 Å². The average molecular weight is 457 g/mol. The topological polar surface area (TPSA) is 96.6 Å². The van der Waals surface area contributed by atoms with Gasteiger partial charge in [0.05, 0.1) is 30.2 Å². The molecule has 0 aliphatic carbocycles. The summed E-state index contributed by atoms with van der Waals surface area (Å²) < 4.78 is 20.3. The first-order chi connectivity index (χ1) is 12.1. The standard InChI is InChI=1S/C16H13FIN3O4/c17-11-7-9(18)1-3-12(11)20-14-10(16(23)21-25-6-5-22)2-4-13-15(14)24-8-19-13/h1-4,7-8,20,22H,5-6H2,(H,21,23). The second-order valence-electron chi connectivity index (χ2n) is 4.94. The number of hydrogen-bond acceptors (Lipinski definition) is 6. The number of nitrogens with one attached hydrogen (secondary N) is 2. The van der Waals surface area contributed by atoms with Gasteiger partial charge in [-0.25, -0.2) is 14.9 Å². The summed E-state index contributed by atoms with van der Waals surface area (Å²) in [5.74, 6) is -1.04. The lowest BCUT2D eigenvalue weighted by atomic mass is 10.1. The number of hydrogen-bond donors (Lipinski definition) is 3. The summed E-state index contributed by atoms with van der Waals surface area (Å²) in [6.45, 7) is -0.287. The maximum atomic E-state index is 14.2. The molecule has 3 aromatic rings. The van der Waals surface area contributed by atoms with Gasteiger partial charge >= 0.3 is 0 Å². The van der Waals surface area contributed by atoms with Crippen molar-refractivity contribution in [1.82, 2.24) is 10.5 Å². The summed E-state index contributed by atoms with van der Waals surface area (Å²) in [5.41, 5.74) is 3.67. The monoisotopic (exact) mass is 457 g/mol. The van der Waals surface area contributed by atoms with Crippen LogP contribution in [0.25, 0.3) is 11.1 Å². The van der Waals surface area contributed by atoms with Crippen LogP contribution >= 0.6 is 22.6 Å². The molecule has 3 rings (SSSR count). The number of anilines is 2. The van der Waals surface area contributed by atoms with E-state index in [-0.39, 0.29) is 30.2 Å². The highest BCUT2D eigenvalue weighted by Gasteiger charge is 2.19. The number of benzene rings is 2. The van der Waals surface area contributed by atoms with Gasteiger partial charge in [-0.05, 0) is 52.9 Å². The van der Waals surface area contributed by atoms with E-state index < -0.39 is 11.7 Å². The van der Waals surface area contributed by atoms with Crippen LogP contribution in [0.4, 0.5) is 15.8 Å². The minimum Gasteiger partial charge on any atom is -0.441 e. The van der Waals surface area contributed by atoms with Crippen molar-refractivity contribution in [2.75, 3.05) is 18.5 Å². The van der Waals surface area contributed by atoms with E-state index in [9.17, 15) is 9.18 Å². The second-order valence-corrected chi connectivity index (χ2v) is 6.19. The first-order valence-electron chi connectivity index (χ1n) is 7.21. The molecule has 0 saturated carbocycles. The second kappa shape index (κ2) is 7.76. The van der Waals surface area contributed by atoms with E-state index in [2.05, 4.69) is 15.8 Å². The number of aliphatic hydroxyl groups is 1. The zero-order valence-electron chi connectivity index (χ0n) is 12.8.